The first-order valence-electron chi connectivity index (χ1n) is 6.94. The van der Waals surface area contributed by atoms with Gasteiger partial charge in [-0.3, -0.25) is 4.79 Å². The average Bonchev–Trinajstić information content (AvgIpc) is 2.51. The first kappa shape index (κ1) is 15.7. The lowest BCUT2D eigenvalue weighted by molar-refractivity contribution is -0.145. The number of phenolic OH excluding ortho intramolecular Hbond substituents is 3. The van der Waals surface area contributed by atoms with Gasteiger partial charge in [0, 0.05) is 18.1 Å². The second kappa shape index (κ2) is 6.85. The molecule has 0 aliphatic rings. The van der Waals surface area contributed by atoms with Crippen molar-refractivity contribution in [2.24, 2.45) is 0 Å². The summed E-state index contributed by atoms with van der Waals surface area (Å²) in [5.74, 6) is -2.34. The number of hydrogen-bond donors (Lipinski definition) is 3. The average molecular weight is 302 g/mol. The van der Waals surface area contributed by atoms with Crippen molar-refractivity contribution in [3.63, 3.8) is 0 Å². The topological polar surface area (TPSA) is 87.0 Å². The standard InChI is InChI=1S/C17H18O5/c1-11(13-9-15(19)16(20)10-14(13)18)17(21)22-8-7-12-5-3-2-4-6-12/h2-6,9-11,18-20H,7-8H2,1H3. The lowest BCUT2D eigenvalue weighted by Gasteiger charge is -2.14. The molecule has 0 amide bonds. The van der Waals surface area contributed by atoms with Gasteiger partial charge in [-0.25, -0.2) is 0 Å². The van der Waals surface area contributed by atoms with E-state index >= 15 is 0 Å². The molecule has 2 aromatic rings. The summed E-state index contributed by atoms with van der Waals surface area (Å²) in [6, 6.07) is 11.8. The molecule has 3 N–H and O–H groups in total. The molecular weight excluding hydrogens is 284 g/mol. The zero-order valence-corrected chi connectivity index (χ0v) is 12.2. The van der Waals surface area contributed by atoms with Gasteiger partial charge in [0.15, 0.2) is 11.5 Å². The molecule has 1 atom stereocenters. The molecule has 116 valence electrons. The minimum absolute atomic E-state index is 0.208. The highest BCUT2D eigenvalue weighted by Crippen LogP contribution is 2.36. The monoisotopic (exact) mass is 302 g/mol. The van der Waals surface area contributed by atoms with Crippen LogP contribution < -0.4 is 0 Å². The Morgan fingerprint density at radius 3 is 2.36 bits per heavy atom. The zero-order valence-electron chi connectivity index (χ0n) is 12.2. The van der Waals surface area contributed by atoms with Crippen LogP contribution in [0.5, 0.6) is 17.2 Å². The first-order valence-corrected chi connectivity index (χ1v) is 6.94. The zero-order chi connectivity index (χ0) is 16.1. The maximum Gasteiger partial charge on any atom is 0.313 e. The van der Waals surface area contributed by atoms with Crippen molar-refractivity contribution in [3.8, 4) is 17.2 Å². The van der Waals surface area contributed by atoms with Crippen LogP contribution in [-0.2, 0) is 16.0 Å². The number of rotatable bonds is 5. The molecule has 22 heavy (non-hydrogen) atoms. The van der Waals surface area contributed by atoms with E-state index in [0.29, 0.717) is 6.42 Å². The van der Waals surface area contributed by atoms with Crippen LogP contribution in [0.25, 0.3) is 0 Å². The van der Waals surface area contributed by atoms with E-state index in [2.05, 4.69) is 0 Å². The van der Waals surface area contributed by atoms with Gasteiger partial charge in [0.05, 0.1) is 12.5 Å². The van der Waals surface area contributed by atoms with Crippen molar-refractivity contribution in [3.05, 3.63) is 53.6 Å². The lowest BCUT2D eigenvalue weighted by Crippen LogP contribution is -2.15. The molecule has 0 heterocycles. The molecule has 2 aromatic carbocycles. The van der Waals surface area contributed by atoms with Gasteiger partial charge in [-0.05, 0) is 18.6 Å². The van der Waals surface area contributed by atoms with Crippen LogP contribution >= 0.6 is 0 Å². The molecule has 0 saturated carbocycles. The fourth-order valence-electron chi connectivity index (χ4n) is 2.09. The molecule has 5 heteroatoms. The van der Waals surface area contributed by atoms with Crippen molar-refractivity contribution >= 4 is 5.97 Å². The predicted molar refractivity (Wildman–Crippen MR) is 81.0 cm³/mol. The van der Waals surface area contributed by atoms with Gasteiger partial charge in [0.1, 0.15) is 5.75 Å². The van der Waals surface area contributed by atoms with Gasteiger partial charge in [0.2, 0.25) is 0 Å². The normalized spacial score (nSPS) is 11.9. The van der Waals surface area contributed by atoms with Gasteiger partial charge in [0.25, 0.3) is 0 Å². The van der Waals surface area contributed by atoms with Crippen molar-refractivity contribution in [2.45, 2.75) is 19.3 Å². The number of carbonyl (C=O) groups is 1. The molecule has 2 rings (SSSR count). The van der Waals surface area contributed by atoms with Crippen LogP contribution in [0.1, 0.15) is 24.0 Å². The molecule has 0 radical (unpaired) electrons. The van der Waals surface area contributed by atoms with E-state index in [9.17, 15) is 20.1 Å². The van der Waals surface area contributed by atoms with Crippen LogP contribution in [0.15, 0.2) is 42.5 Å². The molecule has 1 unspecified atom stereocenters. The quantitative estimate of drug-likeness (QED) is 0.449. The number of hydrogen-bond acceptors (Lipinski definition) is 5. The Morgan fingerprint density at radius 2 is 1.68 bits per heavy atom. The molecule has 5 nitrogen and oxygen atoms in total. The van der Waals surface area contributed by atoms with Crippen molar-refractivity contribution in [1.82, 2.24) is 0 Å². The predicted octanol–water partition coefficient (Wildman–Crippen LogP) is 2.69. The molecular formula is C17H18O5. The smallest absolute Gasteiger partial charge is 0.313 e. The third-order valence-electron chi connectivity index (χ3n) is 3.42. The van der Waals surface area contributed by atoms with E-state index in [0.717, 1.165) is 17.7 Å². The molecule has 0 spiro atoms. The Labute approximate surface area is 128 Å². The number of carbonyl (C=O) groups excluding carboxylic acids is 1. The summed E-state index contributed by atoms with van der Waals surface area (Å²) < 4.78 is 5.19. The fraction of sp³-hybridized carbons (Fsp3) is 0.235. The molecule has 0 saturated heterocycles. The van der Waals surface area contributed by atoms with E-state index in [-0.39, 0.29) is 17.9 Å². The van der Waals surface area contributed by atoms with Crippen molar-refractivity contribution < 1.29 is 24.9 Å². The van der Waals surface area contributed by atoms with E-state index in [1.165, 1.54) is 0 Å². The number of aromatic hydroxyl groups is 3. The minimum Gasteiger partial charge on any atom is -0.507 e. The van der Waals surface area contributed by atoms with Gasteiger partial charge in [-0.1, -0.05) is 30.3 Å². The van der Waals surface area contributed by atoms with E-state index in [4.69, 9.17) is 4.74 Å². The second-order valence-electron chi connectivity index (χ2n) is 5.02. The number of phenols is 3. The third-order valence-corrected chi connectivity index (χ3v) is 3.42. The highest BCUT2D eigenvalue weighted by Gasteiger charge is 2.21. The second-order valence-corrected chi connectivity index (χ2v) is 5.02. The van der Waals surface area contributed by atoms with Gasteiger partial charge in [-0.2, -0.15) is 0 Å². The van der Waals surface area contributed by atoms with Crippen LogP contribution in [0.2, 0.25) is 0 Å². The summed E-state index contributed by atoms with van der Waals surface area (Å²) in [6.45, 7) is 1.80. The van der Waals surface area contributed by atoms with Crippen LogP contribution in [0.4, 0.5) is 0 Å². The third kappa shape index (κ3) is 3.69. The maximum absolute atomic E-state index is 12.0. The molecule has 0 aliphatic carbocycles. The Hall–Kier alpha value is -2.69. The summed E-state index contributed by atoms with van der Waals surface area (Å²) in [5.41, 5.74) is 1.27. The summed E-state index contributed by atoms with van der Waals surface area (Å²) in [6.07, 6.45) is 0.603. The largest absolute Gasteiger partial charge is 0.507 e. The van der Waals surface area contributed by atoms with Crippen LogP contribution in [-0.4, -0.2) is 27.9 Å². The fourth-order valence-corrected chi connectivity index (χ4v) is 2.09. The van der Waals surface area contributed by atoms with Gasteiger partial charge >= 0.3 is 5.97 Å². The summed E-state index contributed by atoms with van der Waals surface area (Å²) in [7, 11) is 0. The van der Waals surface area contributed by atoms with E-state index in [1.807, 2.05) is 30.3 Å². The SMILES string of the molecule is CC(C(=O)OCCc1ccccc1)c1cc(O)c(O)cc1O. The molecule has 0 bridgehead atoms. The molecule has 0 fully saturated rings. The van der Waals surface area contributed by atoms with Crippen LogP contribution in [0, 0.1) is 0 Å². The van der Waals surface area contributed by atoms with Crippen molar-refractivity contribution in [2.75, 3.05) is 6.61 Å². The Bertz CT molecular complexity index is 652. The lowest BCUT2D eigenvalue weighted by atomic mass is 9.99. The number of benzene rings is 2. The maximum atomic E-state index is 12.0. The number of esters is 1. The number of ether oxygens (including phenoxy) is 1. The highest BCUT2D eigenvalue weighted by molar-refractivity contribution is 5.79. The molecule has 0 aliphatic heterocycles. The first-order chi connectivity index (χ1) is 10.5. The Kier molecular flexibility index (Phi) is 4.88. The van der Waals surface area contributed by atoms with Crippen LogP contribution in [0.3, 0.4) is 0 Å². The minimum atomic E-state index is -0.748. The van der Waals surface area contributed by atoms with Crippen molar-refractivity contribution in [1.29, 1.82) is 0 Å². The highest BCUT2D eigenvalue weighted by atomic mass is 16.5. The summed E-state index contributed by atoms with van der Waals surface area (Å²) in [4.78, 5) is 12.0. The summed E-state index contributed by atoms with van der Waals surface area (Å²) >= 11 is 0. The van der Waals surface area contributed by atoms with Gasteiger partial charge < -0.3 is 20.1 Å². The molecule has 0 aromatic heterocycles. The van der Waals surface area contributed by atoms with E-state index < -0.39 is 23.4 Å². The summed E-state index contributed by atoms with van der Waals surface area (Å²) in [5, 5.41) is 28.5. The Morgan fingerprint density at radius 1 is 1.05 bits per heavy atom. The Balaban J connectivity index is 1.96. The van der Waals surface area contributed by atoms with Gasteiger partial charge in [-0.15, -0.1) is 0 Å². The van der Waals surface area contributed by atoms with E-state index in [1.54, 1.807) is 6.92 Å².